The van der Waals surface area contributed by atoms with Crippen LogP contribution in [0.3, 0.4) is 0 Å². The quantitative estimate of drug-likeness (QED) is 0.851. The van der Waals surface area contributed by atoms with Crippen LogP contribution in [0, 0.1) is 0 Å². The zero-order chi connectivity index (χ0) is 14.0. The Morgan fingerprint density at radius 3 is 2.79 bits per heavy atom. The molecule has 1 amide bonds. The van der Waals surface area contributed by atoms with Crippen molar-refractivity contribution in [2.75, 3.05) is 17.2 Å². The number of carboxylic acid groups (broad SMARTS) is 1. The number of amides is 1. The summed E-state index contributed by atoms with van der Waals surface area (Å²) >= 11 is 1.41. The van der Waals surface area contributed by atoms with Gasteiger partial charge in [-0.3, -0.25) is 14.4 Å². The van der Waals surface area contributed by atoms with Gasteiger partial charge in [-0.1, -0.05) is 6.07 Å². The molecule has 2 rings (SSSR count). The summed E-state index contributed by atoms with van der Waals surface area (Å²) in [5.41, 5.74) is 1.16. The van der Waals surface area contributed by atoms with Crippen LogP contribution < -0.4 is 4.90 Å². The van der Waals surface area contributed by atoms with E-state index in [1.165, 1.54) is 23.6 Å². The van der Waals surface area contributed by atoms with E-state index in [0.717, 1.165) is 4.90 Å². The molecule has 1 aliphatic heterocycles. The number of thioether (sulfide) groups is 1. The molecule has 100 valence electrons. The molecule has 0 saturated heterocycles. The summed E-state index contributed by atoms with van der Waals surface area (Å²) in [6.07, 6.45) is -0.111. The number of benzene rings is 1. The minimum Gasteiger partial charge on any atom is -0.481 e. The number of aliphatic carboxylic acids is 1. The number of rotatable bonds is 4. The second-order valence-corrected chi connectivity index (χ2v) is 5.23. The van der Waals surface area contributed by atoms with Crippen molar-refractivity contribution in [3.05, 3.63) is 23.8 Å². The Labute approximate surface area is 114 Å². The second-order valence-electron chi connectivity index (χ2n) is 4.22. The molecule has 0 fully saturated rings. The number of nitrogens with zero attached hydrogens (tertiary/aromatic N) is 1. The van der Waals surface area contributed by atoms with Crippen molar-refractivity contribution >= 4 is 35.1 Å². The summed E-state index contributed by atoms with van der Waals surface area (Å²) in [6.45, 7) is 1.59. The fourth-order valence-corrected chi connectivity index (χ4v) is 2.79. The lowest BCUT2D eigenvalue weighted by Crippen LogP contribution is -2.37. The molecular formula is C13H13NO4S. The molecule has 1 aliphatic rings. The zero-order valence-corrected chi connectivity index (χ0v) is 11.2. The molecule has 1 heterocycles. The first-order valence-electron chi connectivity index (χ1n) is 5.79. The SMILES string of the molecule is CC(=O)c1ccc2c(c1)N(CCC(=O)O)C(=O)CS2. The van der Waals surface area contributed by atoms with Gasteiger partial charge in [-0.05, 0) is 19.1 Å². The van der Waals surface area contributed by atoms with Gasteiger partial charge in [0.05, 0.1) is 17.9 Å². The van der Waals surface area contributed by atoms with Crippen LogP contribution in [0.1, 0.15) is 23.7 Å². The molecule has 0 aliphatic carbocycles. The number of carbonyl (C=O) groups is 3. The fraction of sp³-hybridized carbons (Fsp3) is 0.308. The first-order valence-corrected chi connectivity index (χ1v) is 6.77. The smallest absolute Gasteiger partial charge is 0.305 e. The molecule has 1 N–H and O–H groups in total. The molecule has 0 aromatic heterocycles. The van der Waals surface area contributed by atoms with Crippen LogP contribution in [0.25, 0.3) is 0 Å². The Morgan fingerprint density at radius 2 is 2.16 bits per heavy atom. The molecule has 6 heteroatoms. The minimum atomic E-state index is -0.949. The van der Waals surface area contributed by atoms with Crippen LogP contribution >= 0.6 is 11.8 Å². The van der Waals surface area contributed by atoms with Crippen molar-refractivity contribution in [1.82, 2.24) is 0 Å². The van der Waals surface area contributed by atoms with Gasteiger partial charge in [-0.15, -0.1) is 11.8 Å². The van der Waals surface area contributed by atoms with E-state index in [1.54, 1.807) is 18.2 Å². The van der Waals surface area contributed by atoms with Crippen LogP contribution in [-0.2, 0) is 9.59 Å². The highest BCUT2D eigenvalue weighted by molar-refractivity contribution is 8.00. The summed E-state index contributed by atoms with van der Waals surface area (Å²) in [7, 11) is 0. The number of ketones is 1. The fourth-order valence-electron chi connectivity index (χ4n) is 1.87. The van der Waals surface area contributed by atoms with Gasteiger partial charge in [0.2, 0.25) is 5.91 Å². The molecule has 0 atom stereocenters. The lowest BCUT2D eigenvalue weighted by Gasteiger charge is -2.28. The van der Waals surface area contributed by atoms with E-state index >= 15 is 0 Å². The normalized spacial score (nSPS) is 14.2. The van der Waals surface area contributed by atoms with E-state index in [4.69, 9.17) is 5.11 Å². The largest absolute Gasteiger partial charge is 0.481 e. The van der Waals surface area contributed by atoms with E-state index in [2.05, 4.69) is 0 Å². The Balaban J connectivity index is 2.35. The Bertz CT molecular complexity index is 556. The molecule has 0 saturated carbocycles. The topological polar surface area (TPSA) is 74.7 Å². The number of hydrogen-bond donors (Lipinski definition) is 1. The first kappa shape index (κ1) is 13.6. The van der Waals surface area contributed by atoms with E-state index in [-0.39, 0.29) is 24.7 Å². The van der Waals surface area contributed by atoms with E-state index in [1.807, 2.05) is 0 Å². The summed E-state index contributed by atoms with van der Waals surface area (Å²) in [6, 6.07) is 5.18. The third-order valence-electron chi connectivity index (χ3n) is 2.86. The predicted octanol–water partition coefficient (Wildman–Crippen LogP) is 1.80. The van der Waals surface area contributed by atoms with Crippen LogP contribution in [0.4, 0.5) is 5.69 Å². The number of carboxylic acids is 1. The third-order valence-corrected chi connectivity index (χ3v) is 3.91. The van der Waals surface area contributed by atoms with Gasteiger partial charge in [-0.25, -0.2) is 0 Å². The van der Waals surface area contributed by atoms with Gasteiger partial charge in [0, 0.05) is 17.0 Å². The van der Waals surface area contributed by atoms with Crippen molar-refractivity contribution in [1.29, 1.82) is 0 Å². The molecular weight excluding hydrogens is 266 g/mol. The number of hydrogen-bond acceptors (Lipinski definition) is 4. The maximum atomic E-state index is 11.9. The van der Waals surface area contributed by atoms with Crippen LogP contribution in [0.15, 0.2) is 23.1 Å². The average molecular weight is 279 g/mol. The van der Waals surface area contributed by atoms with E-state index in [9.17, 15) is 14.4 Å². The van der Waals surface area contributed by atoms with Crippen molar-refractivity contribution in [3.63, 3.8) is 0 Å². The number of Topliss-reactive ketones (excluding diaryl/α,β-unsaturated/α-hetero) is 1. The van der Waals surface area contributed by atoms with E-state index < -0.39 is 5.97 Å². The first-order chi connectivity index (χ1) is 8.99. The highest BCUT2D eigenvalue weighted by Gasteiger charge is 2.25. The van der Waals surface area contributed by atoms with Crippen LogP contribution in [0.2, 0.25) is 0 Å². The van der Waals surface area contributed by atoms with Crippen LogP contribution in [-0.4, -0.2) is 35.1 Å². The maximum absolute atomic E-state index is 11.9. The third kappa shape index (κ3) is 2.96. The van der Waals surface area contributed by atoms with Gasteiger partial charge < -0.3 is 10.0 Å². The Morgan fingerprint density at radius 1 is 1.42 bits per heavy atom. The monoisotopic (exact) mass is 279 g/mol. The van der Waals surface area contributed by atoms with Gasteiger partial charge >= 0.3 is 5.97 Å². The minimum absolute atomic E-state index is 0.0796. The highest BCUT2D eigenvalue weighted by atomic mass is 32.2. The van der Waals surface area contributed by atoms with Crippen molar-refractivity contribution in [2.24, 2.45) is 0 Å². The second kappa shape index (κ2) is 5.44. The van der Waals surface area contributed by atoms with Crippen molar-refractivity contribution < 1.29 is 19.5 Å². The zero-order valence-electron chi connectivity index (χ0n) is 10.4. The summed E-state index contributed by atoms with van der Waals surface area (Å²) in [4.78, 5) is 36.2. The van der Waals surface area contributed by atoms with Gasteiger partial charge in [0.1, 0.15) is 0 Å². The Hall–Kier alpha value is -1.82. The van der Waals surface area contributed by atoms with Gasteiger partial charge in [0.15, 0.2) is 5.78 Å². The highest BCUT2D eigenvalue weighted by Crippen LogP contribution is 2.36. The lowest BCUT2D eigenvalue weighted by atomic mass is 10.1. The molecule has 0 bridgehead atoms. The summed E-state index contributed by atoms with van der Waals surface area (Å²) in [5.74, 6) is -0.856. The van der Waals surface area contributed by atoms with Crippen molar-refractivity contribution in [3.8, 4) is 0 Å². The molecule has 5 nitrogen and oxygen atoms in total. The molecule has 0 spiro atoms. The molecule has 1 aromatic carbocycles. The van der Waals surface area contributed by atoms with Gasteiger partial charge in [-0.2, -0.15) is 0 Å². The molecule has 1 aromatic rings. The number of anilines is 1. The van der Waals surface area contributed by atoms with E-state index in [0.29, 0.717) is 17.0 Å². The average Bonchev–Trinajstić information content (AvgIpc) is 2.36. The van der Waals surface area contributed by atoms with Gasteiger partial charge in [0.25, 0.3) is 0 Å². The molecule has 0 radical (unpaired) electrons. The molecule has 19 heavy (non-hydrogen) atoms. The number of fused-ring (bicyclic) bond motifs is 1. The molecule has 0 unspecified atom stereocenters. The van der Waals surface area contributed by atoms with Crippen LogP contribution in [0.5, 0.6) is 0 Å². The lowest BCUT2D eigenvalue weighted by molar-refractivity contribution is -0.136. The predicted molar refractivity (Wildman–Crippen MR) is 71.8 cm³/mol. The standard InChI is InChI=1S/C13H13NO4S/c1-8(15)9-2-3-11-10(6-9)14(5-4-13(17)18)12(16)7-19-11/h2-3,6H,4-5,7H2,1H3,(H,17,18). The maximum Gasteiger partial charge on any atom is 0.305 e. The summed E-state index contributed by atoms with van der Waals surface area (Å²) in [5, 5.41) is 8.72. The Kier molecular flexibility index (Phi) is 3.90. The number of carbonyl (C=O) groups excluding carboxylic acids is 2. The van der Waals surface area contributed by atoms with Crippen molar-refractivity contribution in [2.45, 2.75) is 18.2 Å². The summed E-state index contributed by atoms with van der Waals surface area (Å²) < 4.78 is 0.